The van der Waals surface area contributed by atoms with E-state index in [1.807, 2.05) is 0 Å². The lowest BCUT2D eigenvalue weighted by atomic mass is 10.0. The first-order valence-corrected chi connectivity index (χ1v) is 5.91. The first-order chi connectivity index (χ1) is 9.63. The molecule has 0 aliphatic heterocycles. The number of aromatic nitrogens is 2. The quantitative estimate of drug-likeness (QED) is 0.641. The zero-order valence-corrected chi connectivity index (χ0v) is 10.8. The number of methoxy groups -OCH3 is 1. The molecule has 7 heteroatoms. The van der Waals surface area contributed by atoms with Crippen molar-refractivity contribution < 1.29 is 13.5 Å². The summed E-state index contributed by atoms with van der Waals surface area (Å²) >= 11 is 0. The normalized spacial score (nSPS) is 12.2. The number of benzene rings is 1. The van der Waals surface area contributed by atoms with Gasteiger partial charge in [0.2, 0.25) is 5.88 Å². The molecule has 0 saturated heterocycles. The van der Waals surface area contributed by atoms with Crippen LogP contribution in [0, 0.1) is 11.6 Å². The van der Waals surface area contributed by atoms with Gasteiger partial charge in [0.15, 0.2) is 11.6 Å². The second-order valence-corrected chi connectivity index (χ2v) is 4.17. The molecule has 0 amide bonds. The number of nitrogens with one attached hydrogen (secondary N) is 1. The molecule has 1 unspecified atom stereocenters. The summed E-state index contributed by atoms with van der Waals surface area (Å²) in [6.07, 6.45) is 0.356. The Hall–Kier alpha value is -2.12. The highest BCUT2D eigenvalue weighted by Gasteiger charge is 2.14. The van der Waals surface area contributed by atoms with Crippen LogP contribution < -0.4 is 16.0 Å². The summed E-state index contributed by atoms with van der Waals surface area (Å²) in [5, 5.41) is 7.81. The van der Waals surface area contributed by atoms with Crippen LogP contribution in [0.25, 0.3) is 0 Å². The summed E-state index contributed by atoms with van der Waals surface area (Å²) in [5.74, 6) is 4.09. The SMILES string of the molecule is COc1ccc(C(Cc2ccc(F)c(F)c2)NN)nn1. The fourth-order valence-corrected chi connectivity index (χ4v) is 1.78. The summed E-state index contributed by atoms with van der Waals surface area (Å²) in [6, 6.07) is 6.71. The Labute approximate surface area is 114 Å². The Morgan fingerprint density at radius 2 is 2.00 bits per heavy atom. The number of ether oxygens (including phenoxy) is 1. The lowest BCUT2D eigenvalue weighted by Gasteiger charge is -2.15. The molecule has 0 saturated carbocycles. The van der Waals surface area contributed by atoms with E-state index in [4.69, 9.17) is 10.6 Å². The number of rotatable bonds is 5. The van der Waals surface area contributed by atoms with Crippen molar-refractivity contribution in [3.8, 4) is 5.88 Å². The fraction of sp³-hybridized carbons (Fsp3) is 0.231. The summed E-state index contributed by atoms with van der Waals surface area (Å²) in [6.45, 7) is 0. The summed E-state index contributed by atoms with van der Waals surface area (Å²) in [5.41, 5.74) is 3.76. The van der Waals surface area contributed by atoms with Crippen LogP contribution in [0.2, 0.25) is 0 Å². The Kier molecular flexibility index (Phi) is 4.54. The van der Waals surface area contributed by atoms with Crippen LogP contribution >= 0.6 is 0 Å². The van der Waals surface area contributed by atoms with Gasteiger partial charge in [-0.25, -0.2) is 8.78 Å². The van der Waals surface area contributed by atoms with E-state index in [9.17, 15) is 8.78 Å². The van der Waals surface area contributed by atoms with Crippen molar-refractivity contribution in [2.45, 2.75) is 12.5 Å². The predicted octanol–water partition coefficient (Wildman–Crippen LogP) is 1.51. The van der Waals surface area contributed by atoms with Crippen molar-refractivity contribution in [3.05, 3.63) is 53.2 Å². The highest BCUT2D eigenvalue weighted by molar-refractivity contribution is 5.22. The molecule has 5 nitrogen and oxygen atoms in total. The van der Waals surface area contributed by atoms with Gasteiger partial charge in [-0.05, 0) is 30.2 Å². The van der Waals surface area contributed by atoms with Gasteiger partial charge in [-0.1, -0.05) is 6.07 Å². The number of hydrazine groups is 1. The molecule has 0 bridgehead atoms. The van der Waals surface area contributed by atoms with Crippen molar-refractivity contribution in [2.24, 2.45) is 5.84 Å². The second kappa shape index (κ2) is 6.36. The largest absolute Gasteiger partial charge is 0.480 e. The van der Waals surface area contributed by atoms with Gasteiger partial charge in [0, 0.05) is 6.07 Å². The van der Waals surface area contributed by atoms with Gasteiger partial charge in [-0.15, -0.1) is 5.10 Å². The van der Waals surface area contributed by atoms with E-state index < -0.39 is 11.6 Å². The van der Waals surface area contributed by atoms with Crippen molar-refractivity contribution in [1.82, 2.24) is 15.6 Å². The molecule has 106 valence electrons. The maximum atomic E-state index is 13.2. The molecular formula is C13H14F2N4O. The molecular weight excluding hydrogens is 266 g/mol. The lowest BCUT2D eigenvalue weighted by Crippen LogP contribution is -2.30. The summed E-state index contributed by atoms with van der Waals surface area (Å²) in [7, 11) is 1.49. The van der Waals surface area contributed by atoms with Gasteiger partial charge < -0.3 is 4.74 Å². The van der Waals surface area contributed by atoms with E-state index in [1.54, 1.807) is 12.1 Å². The van der Waals surface area contributed by atoms with Crippen LogP contribution in [0.4, 0.5) is 8.78 Å². The highest BCUT2D eigenvalue weighted by atomic mass is 19.2. The van der Waals surface area contributed by atoms with Crippen molar-refractivity contribution in [3.63, 3.8) is 0 Å². The van der Waals surface area contributed by atoms with Crippen LogP contribution in [0.1, 0.15) is 17.3 Å². The number of hydrogen-bond donors (Lipinski definition) is 2. The minimum Gasteiger partial charge on any atom is -0.480 e. The minimum absolute atomic E-state index is 0.356. The van der Waals surface area contributed by atoms with Crippen LogP contribution in [0.3, 0.4) is 0 Å². The molecule has 20 heavy (non-hydrogen) atoms. The van der Waals surface area contributed by atoms with Gasteiger partial charge in [0.25, 0.3) is 0 Å². The number of nitrogens with zero attached hydrogens (tertiary/aromatic N) is 2. The maximum Gasteiger partial charge on any atom is 0.233 e. The zero-order chi connectivity index (χ0) is 14.5. The standard InChI is InChI=1S/C13H14F2N4O/c1-20-13-5-4-11(18-19-13)12(17-16)7-8-2-3-9(14)10(15)6-8/h2-6,12,17H,7,16H2,1H3. The zero-order valence-electron chi connectivity index (χ0n) is 10.8. The number of nitrogens with two attached hydrogens (primary N) is 1. The molecule has 1 atom stereocenters. The molecule has 1 aromatic carbocycles. The number of hydrogen-bond acceptors (Lipinski definition) is 5. The first-order valence-electron chi connectivity index (χ1n) is 5.91. The Bertz CT molecular complexity index is 577. The monoisotopic (exact) mass is 280 g/mol. The van der Waals surface area contributed by atoms with Gasteiger partial charge in [0.05, 0.1) is 18.8 Å². The van der Waals surface area contributed by atoms with E-state index >= 15 is 0 Å². The minimum atomic E-state index is -0.890. The Morgan fingerprint density at radius 3 is 2.55 bits per heavy atom. The molecule has 2 rings (SSSR count). The molecule has 1 aromatic heterocycles. The Morgan fingerprint density at radius 1 is 1.20 bits per heavy atom. The third-order valence-electron chi connectivity index (χ3n) is 2.85. The highest BCUT2D eigenvalue weighted by Crippen LogP contribution is 2.18. The summed E-state index contributed by atoms with van der Waals surface area (Å²) < 4.78 is 30.9. The second-order valence-electron chi connectivity index (χ2n) is 4.17. The number of halogens is 2. The lowest BCUT2D eigenvalue weighted by molar-refractivity contribution is 0.389. The van der Waals surface area contributed by atoms with E-state index in [-0.39, 0.29) is 6.04 Å². The Balaban J connectivity index is 2.16. The third-order valence-corrected chi connectivity index (χ3v) is 2.85. The van der Waals surface area contributed by atoms with Crippen molar-refractivity contribution in [2.75, 3.05) is 7.11 Å². The molecule has 0 aliphatic carbocycles. The van der Waals surface area contributed by atoms with Crippen LogP contribution in [0.15, 0.2) is 30.3 Å². The first kappa shape index (κ1) is 14.3. The van der Waals surface area contributed by atoms with E-state index in [0.29, 0.717) is 23.6 Å². The average molecular weight is 280 g/mol. The van der Waals surface area contributed by atoms with E-state index in [1.165, 1.54) is 13.2 Å². The molecule has 0 aliphatic rings. The van der Waals surface area contributed by atoms with E-state index in [2.05, 4.69) is 15.6 Å². The topological polar surface area (TPSA) is 73.1 Å². The van der Waals surface area contributed by atoms with Crippen molar-refractivity contribution in [1.29, 1.82) is 0 Å². The van der Waals surface area contributed by atoms with Crippen LogP contribution in [-0.4, -0.2) is 17.3 Å². The molecule has 3 N–H and O–H groups in total. The average Bonchev–Trinajstić information content (AvgIpc) is 2.48. The summed E-state index contributed by atoms with van der Waals surface area (Å²) in [4.78, 5) is 0. The van der Waals surface area contributed by atoms with Crippen molar-refractivity contribution >= 4 is 0 Å². The van der Waals surface area contributed by atoms with Crippen LogP contribution in [-0.2, 0) is 6.42 Å². The molecule has 2 aromatic rings. The van der Waals surface area contributed by atoms with E-state index in [0.717, 1.165) is 12.1 Å². The van der Waals surface area contributed by atoms with Gasteiger partial charge in [-0.3, -0.25) is 11.3 Å². The smallest absolute Gasteiger partial charge is 0.233 e. The molecule has 0 fully saturated rings. The molecule has 1 heterocycles. The molecule has 0 radical (unpaired) electrons. The van der Waals surface area contributed by atoms with Gasteiger partial charge in [-0.2, -0.15) is 5.10 Å². The molecule has 0 spiro atoms. The predicted molar refractivity (Wildman–Crippen MR) is 68.7 cm³/mol. The van der Waals surface area contributed by atoms with Gasteiger partial charge >= 0.3 is 0 Å². The third kappa shape index (κ3) is 3.25. The van der Waals surface area contributed by atoms with Crippen LogP contribution in [0.5, 0.6) is 5.88 Å². The fourth-order valence-electron chi connectivity index (χ4n) is 1.78. The van der Waals surface area contributed by atoms with Gasteiger partial charge in [0.1, 0.15) is 0 Å². The maximum absolute atomic E-state index is 13.2.